The summed E-state index contributed by atoms with van der Waals surface area (Å²) in [4.78, 5) is 23.5. The van der Waals surface area contributed by atoms with Crippen molar-refractivity contribution in [3.63, 3.8) is 0 Å². The van der Waals surface area contributed by atoms with Gasteiger partial charge in [-0.1, -0.05) is 396 Å². The Morgan fingerprint density at radius 2 is 0.667 bits per heavy atom. The van der Waals surface area contributed by atoms with Crippen molar-refractivity contribution in [3.05, 3.63) is 60.8 Å². The number of hydrogen-bond acceptors (Lipinski definition) is 5. The molecule has 3 atom stereocenters. The molecule has 0 saturated carbocycles. The fourth-order valence-electron chi connectivity index (χ4n) is 12.2. The van der Waals surface area contributed by atoms with E-state index in [1.54, 1.807) is 6.08 Å². The van der Waals surface area contributed by atoms with Gasteiger partial charge in [-0.3, -0.25) is 13.8 Å². The minimum absolute atomic E-state index is 0.0631. The van der Waals surface area contributed by atoms with Crippen LogP contribution in [0.4, 0.5) is 0 Å². The number of quaternary nitrogens is 1. The molecule has 0 heterocycles. The summed E-state index contributed by atoms with van der Waals surface area (Å²) in [5.41, 5.74) is 0. The Morgan fingerprint density at radius 1 is 0.389 bits per heavy atom. The van der Waals surface area contributed by atoms with Gasteiger partial charge in [0, 0.05) is 6.42 Å². The van der Waals surface area contributed by atoms with Gasteiger partial charge in [-0.2, -0.15) is 0 Å². The first-order valence-corrected chi connectivity index (χ1v) is 41.2. The molecule has 0 aromatic rings. The Labute approximate surface area is 562 Å². The normalized spacial score (nSPS) is 13.8. The molecule has 90 heavy (non-hydrogen) atoms. The van der Waals surface area contributed by atoms with E-state index in [9.17, 15) is 19.4 Å². The number of nitrogens with zero attached hydrogens (tertiary/aromatic N) is 1. The summed E-state index contributed by atoms with van der Waals surface area (Å²) in [5.74, 6) is -0.169. The molecule has 0 saturated heterocycles. The van der Waals surface area contributed by atoms with Gasteiger partial charge in [0.15, 0.2) is 0 Å². The van der Waals surface area contributed by atoms with Crippen LogP contribution in [-0.4, -0.2) is 73.4 Å². The van der Waals surface area contributed by atoms with Crippen molar-refractivity contribution < 1.29 is 32.9 Å². The number of unbranched alkanes of at least 4 members (excludes halogenated alkanes) is 53. The molecule has 0 radical (unpaired) electrons. The van der Waals surface area contributed by atoms with Gasteiger partial charge in [-0.25, -0.2) is 4.57 Å². The van der Waals surface area contributed by atoms with Crippen LogP contribution in [0.2, 0.25) is 0 Å². The van der Waals surface area contributed by atoms with Gasteiger partial charge in [-0.05, 0) is 57.8 Å². The molecule has 0 aliphatic heterocycles. The molecule has 3 N–H and O–H groups in total. The predicted octanol–water partition coefficient (Wildman–Crippen LogP) is 25.9. The van der Waals surface area contributed by atoms with E-state index >= 15 is 0 Å². The summed E-state index contributed by atoms with van der Waals surface area (Å²) < 4.78 is 23.9. The van der Waals surface area contributed by atoms with E-state index in [2.05, 4.69) is 67.8 Å². The zero-order valence-corrected chi connectivity index (χ0v) is 61.8. The van der Waals surface area contributed by atoms with Crippen LogP contribution in [0.1, 0.15) is 399 Å². The highest BCUT2D eigenvalue weighted by molar-refractivity contribution is 7.47. The third kappa shape index (κ3) is 73.6. The first-order valence-electron chi connectivity index (χ1n) is 39.7. The number of phosphoric ester groups is 1. The molecule has 0 spiro atoms. The standard InChI is InChI=1S/C81H155N2O6P/c1-6-8-10-12-14-16-18-20-22-24-26-28-30-32-34-36-38-39-40-41-42-43-45-47-49-51-53-55-57-59-61-63-65-67-69-71-73-75-81(85)82-79(78-89-90(86,87)88-77-76-83(3,4)5)80(84)74-72-70-68-66-64-62-60-58-56-54-52-50-48-46-44-37-35-33-31-29-27-25-23-21-19-17-15-13-11-9-7-2/h8,10,14,16,20,22,26,28,72,74,79-80,84H,6-7,9,11-13,15,17-19,21,23-25,27,29-71,73,75-78H2,1-5H3,(H-,82,85,86,87)/p+1/b10-8-,16-14-,22-20-,28-26-,74-72+. The third-order valence-electron chi connectivity index (χ3n) is 18.2. The van der Waals surface area contributed by atoms with Crippen LogP contribution in [0.25, 0.3) is 0 Å². The van der Waals surface area contributed by atoms with Crippen molar-refractivity contribution in [2.24, 2.45) is 0 Å². The number of hydrogen-bond donors (Lipinski definition) is 3. The second kappa shape index (κ2) is 71.5. The number of aliphatic hydroxyl groups excluding tert-OH is 1. The first kappa shape index (κ1) is 88.2. The lowest BCUT2D eigenvalue weighted by molar-refractivity contribution is -0.870. The number of carbonyl (C=O) groups excluding carboxylic acids is 1. The van der Waals surface area contributed by atoms with Crippen molar-refractivity contribution in [1.29, 1.82) is 0 Å². The smallest absolute Gasteiger partial charge is 0.387 e. The van der Waals surface area contributed by atoms with Gasteiger partial charge >= 0.3 is 7.82 Å². The molecule has 3 unspecified atom stereocenters. The maximum atomic E-state index is 13.1. The third-order valence-corrected chi connectivity index (χ3v) is 19.2. The van der Waals surface area contributed by atoms with Crippen molar-refractivity contribution in [1.82, 2.24) is 5.32 Å². The molecule has 0 fully saturated rings. The topological polar surface area (TPSA) is 105 Å². The molecule has 8 nitrogen and oxygen atoms in total. The van der Waals surface area contributed by atoms with Crippen LogP contribution in [-0.2, 0) is 18.4 Å². The summed E-state index contributed by atoms with van der Waals surface area (Å²) >= 11 is 0. The number of nitrogens with one attached hydrogen (secondary N) is 1. The lowest BCUT2D eigenvalue weighted by atomic mass is 10.0. The highest BCUT2D eigenvalue weighted by Gasteiger charge is 2.28. The van der Waals surface area contributed by atoms with Crippen LogP contribution in [0.15, 0.2) is 60.8 Å². The van der Waals surface area contributed by atoms with Gasteiger partial charge < -0.3 is 19.8 Å². The Bertz CT molecular complexity index is 1650. The molecule has 530 valence electrons. The molecule has 0 bridgehead atoms. The SMILES string of the molecule is CC/C=C\C/C=C\C/C=C\C/C=C\CCCCCCCCCCCCCCCCCCCCCCCCCCC(=O)NC(COP(=O)(O)OCC[N+](C)(C)C)C(O)/C=C/CCCCCCCCCCCCCCCCCCCCCCCCCCCCCCC. The average Bonchev–Trinajstić information content (AvgIpc) is 3.18. The molecule has 0 aliphatic rings. The number of phosphoric acid groups is 1. The van der Waals surface area contributed by atoms with E-state index < -0.39 is 20.0 Å². The van der Waals surface area contributed by atoms with E-state index in [4.69, 9.17) is 9.05 Å². The molecule has 9 heteroatoms. The molecule has 0 aromatic heterocycles. The number of likely N-dealkylation sites (N-methyl/N-ethyl adjacent to an activating group) is 1. The fraction of sp³-hybridized carbons (Fsp3) is 0.864. The Hall–Kier alpha value is -1.80. The molecular formula is C81H156N2O6P+. The van der Waals surface area contributed by atoms with E-state index in [0.29, 0.717) is 17.4 Å². The second-order valence-corrected chi connectivity index (χ2v) is 29.9. The van der Waals surface area contributed by atoms with Gasteiger partial charge in [0.2, 0.25) is 5.91 Å². The van der Waals surface area contributed by atoms with Gasteiger partial charge in [0.25, 0.3) is 0 Å². The highest BCUT2D eigenvalue weighted by Crippen LogP contribution is 2.43. The number of carbonyl (C=O) groups is 1. The number of allylic oxidation sites excluding steroid dienone is 9. The van der Waals surface area contributed by atoms with E-state index in [0.717, 1.165) is 57.8 Å². The minimum Gasteiger partial charge on any atom is -0.387 e. The summed E-state index contributed by atoms with van der Waals surface area (Å²) in [5, 5.41) is 14.1. The zero-order valence-electron chi connectivity index (χ0n) is 60.9. The maximum absolute atomic E-state index is 13.1. The largest absolute Gasteiger partial charge is 0.472 e. The molecule has 1 amide bonds. The Morgan fingerprint density at radius 3 is 0.978 bits per heavy atom. The van der Waals surface area contributed by atoms with Crippen LogP contribution in [0, 0.1) is 0 Å². The average molecular weight is 1290 g/mol. The number of rotatable bonds is 74. The van der Waals surface area contributed by atoms with Crippen molar-refractivity contribution in [2.75, 3.05) is 40.9 Å². The summed E-state index contributed by atoms with van der Waals surface area (Å²) in [6.45, 7) is 4.77. The number of aliphatic hydroxyl groups is 1. The molecular weight excluding hydrogens is 1130 g/mol. The second-order valence-electron chi connectivity index (χ2n) is 28.4. The highest BCUT2D eigenvalue weighted by atomic mass is 31.2. The van der Waals surface area contributed by atoms with Gasteiger partial charge in [0.1, 0.15) is 13.2 Å². The molecule has 0 aromatic carbocycles. The van der Waals surface area contributed by atoms with Crippen molar-refractivity contribution >= 4 is 13.7 Å². The van der Waals surface area contributed by atoms with Crippen LogP contribution in [0.5, 0.6) is 0 Å². The van der Waals surface area contributed by atoms with E-state index in [-0.39, 0.29) is 19.1 Å². The lowest BCUT2D eigenvalue weighted by Gasteiger charge is -2.25. The quantitative estimate of drug-likeness (QED) is 0.0243. The van der Waals surface area contributed by atoms with Gasteiger partial charge in [-0.15, -0.1) is 0 Å². The summed E-state index contributed by atoms with van der Waals surface area (Å²) in [7, 11) is 1.59. The monoisotopic (exact) mass is 1280 g/mol. The number of amides is 1. The maximum Gasteiger partial charge on any atom is 0.472 e. The van der Waals surface area contributed by atoms with Crippen LogP contribution < -0.4 is 5.32 Å². The summed E-state index contributed by atoms with van der Waals surface area (Å²) in [6, 6.07) is -0.848. The van der Waals surface area contributed by atoms with Crippen molar-refractivity contribution in [2.45, 2.75) is 411 Å². The Balaban J connectivity index is 3.95. The van der Waals surface area contributed by atoms with Crippen LogP contribution >= 0.6 is 7.82 Å². The first-order chi connectivity index (χ1) is 44.0. The molecule has 0 aliphatic carbocycles. The van der Waals surface area contributed by atoms with E-state index in [1.807, 2.05) is 27.2 Å². The van der Waals surface area contributed by atoms with Crippen molar-refractivity contribution in [3.8, 4) is 0 Å². The van der Waals surface area contributed by atoms with Crippen LogP contribution in [0.3, 0.4) is 0 Å². The Kier molecular flexibility index (Phi) is 70.1. The van der Waals surface area contributed by atoms with Gasteiger partial charge in [0.05, 0.1) is 39.9 Å². The zero-order chi connectivity index (χ0) is 65.5. The summed E-state index contributed by atoms with van der Waals surface area (Å²) in [6.07, 6.45) is 99.9. The van der Waals surface area contributed by atoms with E-state index in [1.165, 1.54) is 321 Å². The fourth-order valence-corrected chi connectivity index (χ4v) is 12.9. The molecule has 0 rings (SSSR count). The predicted molar refractivity (Wildman–Crippen MR) is 397 cm³/mol. The lowest BCUT2D eigenvalue weighted by Crippen LogP contribution is -2.45. The minimum atomic E-state index is -4.36.